The fourth-order valence-corrected chi connectivity index (χ4v) is 8.48. The number of allylic oxidation sites excluding steroid dienone is 2. The Balaban J connectivity index is 0.000000413. The number of benzene rings is 4. The van der Waals surface area contributed by atoms with E-state index in [0.717, 1.165) is 38.7 Å². The maximum absolute atomic E-state index is 10.0. The number of hydrogen-bond donors (Lipinski definition) is 1. The zero-order valence-corrected chi connectivity index (χ0v) is 27.8. The Morgan fingerprint density at radius 3 is 2.27 bits per heavy atom. The minimum atomic E-state index is -2.26. The molecule has 0 fully saturated rings. The van der Waals surface area contributed by atoms with Crippen molar-refractivity contribution in [1.29, 1.82) is 0 Å². The summed E-state index contributed by atoms with van der Waals surface area (Å²) in [6.07, 6.45) is 1.17. The molecule has 6 heteroatoms. The van der Waals surface area contributed by atoms with E-state index in [1.165, 1.54) is 40.5 Å². The molecular weight excluding hydrogens is 735 g/mol. The topological polar surface area (TPSA) is 54.3 Å². The second-order valence-corrected chi connectivity index (χ2v) is 21.5. The molecule has 1 N–H and O–H groups in total. The van der Waals surface area contributed by atoms with Crippen LogP contribution in [0.15, 0.2) is 95.1 Å². The van der Waals surface area contributed by atoms with Gasteiger partial charge in [-0.15, -0.1) is 0 Å². The number of carbonyl (C=O) groups excluding carboxylic acids is 1. The second kappa shape index (κ2) is 11.6. The Hall–Kier alpha value is -3.38. The van der Waals surface area contributed by atoms with Crippen molar-refractivity contribution in [2.24, 2.45) is 0 Å². The summed E-state index contributed by atoms with van der Waals surface area (Å²) < 4.78 is 9.89. The third-order valence-electron chi connectivity index (χ3n) is 6.85. The minimum absolute atomic E-state index is 0. The molecule has 1 radical (unpaired) electrons. The summed E-state index contributed by atoms with van der Waals surface area (Å²) in [5, 5.41) is 14.5. The first-order valence-corrected chi connectivity index (χ1v) is 20.3. The number of rotatable bonds is 3. The largest absolute Gasteiger partial charge is 0 e. The molecule has 6 aromatic rings. The molecule has 0 saturated carbocycles. The van der Waals surface area contributed by atoms with Gasteiger partial charge in [-0.2, -0.15) is 0 Å². The van der Waals surface area contributed by atoms with Crippen LogP contribution in [0.25, 0.3) is 54.9 Å². The van der Waals surface area contributed by atoms with E-state index >= 15 is 0 Å². The van der Waals surface area contributed by atoms with Crippen molar-refractivity contribution in [1.82, 2.24) is 0 Å². The smallest absolute Gasteiger partial charge is 0 e. The van der Waals surface area contributed by atoms with Gasteiger partial charge in [-0.3, -0.25) is 4.79 Å². The van der Waals surface area contributed by atoms with Gasteiger partial charge in [0, 0.05) is 26.2 Å². The van der Waals surface area contributed by atoms with Crippen LogP contribution in [0, 0.1) is 13.1 Å². The van der Waals surface area contributed by atoms with Gasteiger partial charge in [0.2, 0.25) is 0 Å². The van der Waals surface area contributed by atoms with Crippen LogP contribution in [0.5, 0.6) is 0 Å². The molecule has 0 aliphatic carbocycles. The molecule has 0 atom stereocenters. The van der Waals surface area contributed by atoms with Gasteiger partial charge in [0.15, 0.2) is 5.78 Å². The number of aliphatic hydroxyl groups excluding tert-OH is 1. The van der Waals surface area contributed by atoms with Crippen LogP contribution in [0.1, 0.15) is 13.8 Å². The van der Waals surface area contributed by atoms with Crippen LogP contribution in [-0.2, 0) is 24.9 Å². The standard InChI is InChI=1S/C29H24GeNO.C5H8O2.Ir/c1-30(2,3)24-18-26(31(4)25-17-16-19-10-5-6-11-20(19)28(24)25)23-14-9-13-22-21-12-7-8-15-27(21)32-29(22)23;1-4(6)3-5(2)7;/h5-13,15-18H,4H2,1-3H3;3,6H,1-2H3;/q-1;;/b;4-3-;. The van der Waals surface area contributed by atoms with E-state index in [1.54, 1.807) is 0 Å². The monoisotopic (exact) mass is 769 g/mol. The van der Waals surface area contributed by atoms with E-state index in [9.17, 15) is 4.79 Å². The second-order valence-electron chi connectivity index (χ2n) is 10.9. The zero-order chi connectivity index (χ0) is 27.9. The first-order valence-electron chi connectivity index (χ1n) is 13.0. The number of fused-ring (bicyclic) bond motifs is 6. The molecule has 0 spiro atoms. The maximum Gasteiger partial charge on any atom is 0 e. The van der Waals surface area contributed by atoms with Crippen molar-refractivity contribution in [3.05, 3.63) is 104 Å². The van der Waals surface area contributed by atoms with Crippen molar-refractivity contribution >= 4 is 67.1 Å². The van der Waals surface area contributed by atoms with Crippen molar-refractivity contribution in [2.75, 3.05) is 0 Å². The SMILES string of the molecule is CC(=O)/C=C(/C)O.[CH2-][n+]1c(-c2[c-]ccc3c2oc2ccccc23)c[c]([Ge]([CH3])([CH3])[CH3])c2c3ccccc3ccc21.[Ir]. The molecule has 0 saturated heterocycles. The normalized spacial score (nSPS) is 11.9. The van der Waals surface area contributed by atoms with Crippen LogP contribution >= 0.6 is 0 Å². The molecule has 4 nitrogen and oxygen atoms in total. The molecule has 2 heterocycles. The molecule has 0 aliphatic rings. The first kappa shape index (κ1) is 29.6. The summed E-state index contributed by atoms with van der Waals surface area (Å²) in [7, 11) is 4.49. The number of ketones is 1. The van der Waals surface area contributed by atoms with Crippen molar-refractivity contribution in [3.8, 4) is 11.3 Å². The van der Waals surface area contributed by atoms with Gasteiger partial charge in [0.1, 0.15) is 0 Å². The Morgan fingerprint density at radius 2 is 1.62 bits per heavy atom. The third-order valence-corrected chi connectivity index (χ3v) is 11.1. The van der Waals surface area contributed by atoms with Gasteiger partial charge in [-0.1, -0.05) is 0 Å². The Labute approximate surface area is 251 Å². The summed E-state index contributed by atoms with van der Waals surface area (Å²) in [6.45, 7) is 2.85. The van der Waals surface area contributed by atoms with E-state index in [2.05, 4.69) is 95.6 Å². The molecule has 40 heavy (non-hydrogen) atoms. The number of furan rings is 1. The summed E-state index contributed by atoms with van der Waals surface area (Å²) in [5.41, 5.74) is 4.95. The van der Waals surface area contributed by atoms with Crippen LogP contribution in [0.3, 0.4) is 0 Å². The maximum atomic E-state index is 10.0. The summed E-state index contributed by atoms with van der Waals surface area (Å²) in [4.78, 5) is 10.0. The molecule has 0 unspecified atom stereocenters. The fraction of sp³-hybridized carbons (Fsp3) is 0.147. The number of aromatic nitrogens is 1. The van der Waals surface area contributed by atoms with E-state index in [0.29, 0.717) is 0 Å². The molecule has 205 valence electrons. The predicted octanol–water partition coefficient (Wildman–Crippen LogP) is 7.87. The van der Waals surface area contributed by atoms with E-state index in [1.807, 2.05) is 18.2 Å². The minimum Gasteiger partial charge on any atom is 0 e. The molecular formula is C34H32GeIrNO3-. The Bertz CT molecular complexity index is 1910. The van der Waals surface area contributed by atoms with E-state index < -0.39 is 13.3 Å². The Morgan fingerprint density at radius 1 is 0.950 bits per heavy atom. The van der Waals surface area contributed by atoms with Crippen molar-refractivity contribution in [3.63, 3.8) is 0 Å². The third kappa shape index (κ3) is 5.60. The number of nitrogens with zero attached hydrogens (tertiary/aromatic N) is 1. The number of pyridine rings is 1. The van der Waals surface area contributed by atoms with Crippen molar-refractivity contribution < 1.29 is 39.0 Å². The van der Waals surface area contributed by atoms with Gasteiger partial charge < -0.3 is 5.11 Å². The van der Waals surface area contributed by atoms with Crippen LogP contribution in [0.2, 0.25) is 17.3 Å². The van der Waals surface area contributed by atoms with Gasteiger partial charge in [0.25, 0.3) is 0 Å². The quantitative estimate of drug-likeness (QED) is 0.0499. The molecule has 2 aromatic heterocycles. The van der Waals surface area contributed by atoms with Crippen LogP contribution < -0.4 is 8.96 Å². The number of para-hydroxylation sites is 1. The molecule has 0 bridgehead atoms. The number of hydrogen-bond acceptors (Lipinski definition) is 3. The first-order chi connectivity index (χ1) is 18.6. The van der Waals surface area contributed by atoms with Gasteiger partial charge in [-0.05, 0) is 13.8 Å². The number of aliphatic hydroxyl groups is 1. The zero-order valence-electron chi connectivity index (χ0n) is 23.3. The summed E-state index contributed by atoms with van der Waals surface area (Å²) in [5.74, 6) is 7.31. The average molecular weight is 767 g/mol. The van der Waals surface area contributed by atoms with E-state index in [-0.39, 0.29) is 31.6 Å². The Kier molecular flexibility index (Phi) is 8.60. The van der Waals surface area contributed by atoms with Crippen LogP contribution in [-0.4, -0.2) is 24.2 Å². The van der Waals surface area contributed by atoms with Gasteiger partial charge in [-0.25, -0.2) is 0 Å². The molecule has 6 rings (SSSR count). The average Bonchev–Trinajstić information content (AvgIpc) is 3.27. The fourth-order valence-electron chi connectivity index (χ4n) is 5.16. The van der Waals surface area contributed by atoms with E-state index in [4.69, 9.17) is 9.52 Å². The molecule has 0 amide bonds. The summed E-state index contributed by atoms with van der Waals surface area (Å²) in [6, 6.07) is 31.2. The molecule has 4 aromatic carbocycles. The molecule has 0 aliphatic heterocycles. The van der Waals surface area contributed by atoms with Gasteiger partial charge in [0.05, 0.1) is 5.76 Å². The van der Waals surface area contributed by atoms with Crippen molar-refractivity contribution in [2.45, 2.75) is 31.1 Å². The van der Waals surface area contributed by atoms with Gasteiger partial charge >= 0.3 is 191 Å². The number of carbonyl (C=O) groups is 1. The summed E-state index contributed by atoms with van der Waals surface area (Å²) >= 11 is -2.26. The predicted molar refractivity (Wildman–Crippen MR) is 164 cm³/mol. The van der Waals surface area contributed by atoms with Crippen LogP contribution in [0.4, 0.5) is 0 Å².